The summed E-state index contributed by atoms with van der Waals surface area (Å²) in [4.78, 5) is 4.17. The molecule has 0 saturated carbocycles. The van der Waals surface area contributed by atoms with Gasteiger partial charge >= 0.3 is 0 Å². The zero-order valence-corrected chi connectivity index (χ0v) is 13.8. The molecule has 0 saturated heterocycles. The number of nitrogens with two attached hydrogens (primary N) is 1. The Morgan fingerprint density at radius 3 is 2.69 bits per heavy atom. The first-order valence-electron chi connectivity index (χ1n) is 5.78. The number of thioether (sulfide) groups is 1. The largest absolute Gasteiger partial charge is 0.370 e. The lowest BCUT2D eigenvalue weighted by atomic mass is 10.3. The first-order chi connectivity index (χ1) is 7.16. The molecule has 0 aromatic carbocycles. The average molecular weight is 359 g/mol. The first-order valence-corrected chi connectivity index (χ1v) is 6.93. The van der Waals surface area contributed by atoms with Crippen LogP contribution in [-0.4, -0.2) is 30.6 Å². The molecule has 0 fully saturated rings. The molecule has 3 nitrogen and oxygen atoms in total. The van der Waals surface area contributed by atoms with Gasteiger partial charge in [-0.2, -0.15) is 11.8 Å². The molecular formula is C11H26IN3S. The summed E-state index contributed by atoms with van der Waals surface area (Å²) in [5.74, 6) is 3.83. The molecule has 0 aliphatic rings. The van der Waals surface area contributed by atoms with Crippen molar-refractivity contribution in [1.82, 2.24) is 5.32 Å². The third-order valence-corrected chi connectivity index (χ3v) is 3.21. The number of rotatable bonds is 8. The second-order valence-corrected chi connectivity index (χ2v) is 5.17. The quantitative estimate of drug-likeness (QED) is 0.303. The summed E-state index contributed by atoms with van der Waals surface area (Å²) in [6.45, 7) is 8.35. The van der Waals surface area contributed by atoms with E-state index < -0.39 is 0 Å². The molecule has 0 unspecified atom stereocenters. The van der Waals surface area contributed by atoms with Gasteiger partial charge in [0.05, 0.1) is 0 Å². The Kier molecular flexibility index (Phi) is 15.7. The number of halogens is 1. The Balaban J connectivity index is 0. The van der Waals surface area contributed by atoms with Crippen molar-refractivity contribution < 1.29 is 0 Å². The van der Waals surface area contributed by atoms with Gasteiger partial charge in [-0.25, -0.2) is 0 Å². The van der Waals surface area contributed by atoms with E-state index in [9.17, 15) is 0 Å². The van der Waals surface area contributed by atoms with Crippen LogP contribution in [0.2, 0.25) is 0 Å². The van der Waals surface area contributed by atoms with Crippen molar-refractivity contribution in [3.63, 3.8) is 0 Å². The molecule has 0 aliphatic carbocycles. The van der Waals surface area contributed by atoms with E-state index in [2.05, 4.69) is 31.1 Å². The normalized spacial score (nSPS) is 11.4. The van der Waals surface area contributed by atoms with Crippen molar-refractivity contribution in [2.24, 2.45) is 16.6 Å². The molecule has 16 heavy (non-hydrogen) atoms. The molecule has 0 amide bonds. The highest BCUT2D eigenvalue weighted by molar-refractivity contribution is 14.0. The maximum Gasteiger partial charge on any atom is 0.188 e. The van der Waals surface area contributed by atoms with Crippen LogP contribution in [0.4, 0.5) is 0 Å². The zero-order chi connectivity index (χ0) is 11.5. The summed E-state index contributed by atoms with van der Waals surface area (Å²) < 4.78 is 0. The second kappa shape index (κ2) is 13.4. The SMILES string of the molecule is CCCN=C(N)NCCCSCC(C)C.I. The minimum absolute atomic E-state index is 0. The number of guanidine groups is 1. The fourth-order valence-corrected chi connectivity index (χ4v) is 1.98. The van der Waals surface area contributed by atoms with E-state index in [1.54, 1.807) is 0 Å². The predicted octanol–water partition coefficient (Wildman–Crippen LogP) is 2.70. The van der Waals surface area contributed by atoms with Gasteiger partial charge < -0.3 is 11.1 Å². The summed E-state index contributed by atoms with van der Waals surface area (Å²) in [5, 5.41) is 3.12. The molecule has 0 bridgehead atoms. The van der Waals surface area contributed by atoms with Crippen LogP contribution >= 0.6 is 35.7 Å². The van der Waals surface area contributed by atoms with Crippen molar-refractivity contribution in [3.8, 4) is 0 Å². The highest BCUT2D eigenvalue weighted by Gasteiger charge is 1.95. The molecule has 0 spiro atoms. The van der Waals surface area contributed by atoms with Crippen LogP contribution in [0, 0.1) is 5.92 Å². The van der Waals surface area contributed by atoms with Gasteiger partial charge in [-0.3, -0.25) is 4.99 Å². The van der Waals surface area contributed by atoms with Gasteiger partial charge in [0.2, 0.25) is 0 Å². The van der Waals surface area contributed by atoms with E-state index >= 15 is 0 Å². The Morgan fingerprint density at radius 1 is 1.44 bits per heavy atom. The fourth-order valence-electron chi connectivity index (χ4n) is 0.998. The van der Waals surface area contributed by atoms with Crippen molar-refractivity contribution in [3.05, 3.63) is 0 Å². The monoisotopic (exact) mass is 359 g/mol. The van der Waals surface area contributed by atoms with Gasteiger partial charge in [0.15, 0.2) is 5.96 Å². The third-order valence-electron chi connectivity index (χ3n) is 1.73. The molecule has 0 aliphatic heterocycles. The summed E-state index contributed by atoms with van der Waals surface area (Å²) in [5.41, 5.74) is 5.65. The van der Waals surface area contributed by atoms with Crippen molar-refractivity contribution >= 4 is 41.7 Å². The van der Waals surface area contributed by atoms with E-state index in [1.807, 2.05) is 11.8 Å². The smallest absolute Gasteiger partial charge is 0.188 e. The number of hydrogen-bond donors (Lipinski definition) is 2. The number of aliphatic imine (C=N–C) groups is 1. The summed E-state index contributed by atoms with van der Waals surface area (Å²) in [6.07, 6.45) is 2.20. The number of hydrogen-bond acceptors (Lipinski definition) is 2. The van der Waals surface area contributed by atoms with E-state index in [1.165, 1.54) is 11.5 Å². The van der Waals surface area contributed by atoms with Crippen LogP contribution in [0.3, 0.4) is 0 Å². The Bertz CT molecular complexity index is 175. The van der Waals surface area contributed by atoms with Gasteiger partial charge in [0.1, 0.15) is 0 Å². The first kappa shape index (κ1) is 18.7. The van der Waals surface area contributed by atoms with Crippen LogP contribution in [-0.2, 0) is 0 Å². The molecule has 0 aromatic heterocycles. The van der Waals surface area contributed by atoms with Crippen LogP contribution in [0.25, 0.3) is 0 Å². The highest BCUT2D eigenvalue weighted by atomic mass is 127. The van der Waals surface area contributed by atoms with Crippen molar-refractivity contribution in [2.75, 3.05) is 24.6 Å². The summed E-state index contributed by atoms with van der Waals surface area (Å²) in [6, 6.07) is 0. The molecule has 5 heteroatoms. The van der Waals surface area contributed by atoms with Gasteiger partial charge in [-0.05, 0) is 30.3 Å². The van der Waals surface area contributed by atoms with Crippen LogP contribution in [0.5, 0.6) is 0 Å². The van der Waals surface area contributed by atoms with Crippen LogP contribution < -0.4 is 11.1 Å². The van der Waals surface area contributed by atoms with Crippen molar-refractivity contribution in [2.45, 2.75) is 33.6 Å². The standard InChI is InChI=1S/C11H25N3S.HI/c1-4-6-13-11(12)14-7-5-8-15-9-10(2)3;/h10H,4-9H2,1-3H3,(H3,12,13,14);1H. The maximum atomic E-state index is 5.65. The molecule has 3 N–H and O–H groups in total. The minimum atomic E-state index is 0. The van der Waals surface area contributed by atoms with Gasteiger partial charge in [-0.15, -0.1) is 24.0 Å². The fraction of sp³-hybridized carbons (Fsp3) is 0.909. The number of nitrogens with zero attached hydrogens (tertiary/aromatic N) is 1. The van der Waals surface area contributed by atoms with Gasteiger partial charge in [0.25, 0.3) is 0 Å². The maximum absolute atomic E-state index is 5.65. The van der Waals surface area contributed by atoms with Crippen molar-refractivity contribution in [1.29, 1.82) is 0 Å². The molecule has 0 rings (SSSR count). The lowest BCUT2D eigenvalue weighted by Crippen LogP contribution is -2.32. The molecule has 0 heterocycles. The minimum Gasteiger partial charge on any atom is -0.370 e. The molecule has 98 valence electrons. The molecule has 0 aromatic rings. The lowest BCUT2D eigenvalue weighted by Gasteiger charge is -2.06. The van der Waals surface area contributed by atoms with Gasteiger partial charge in [-0.1, -0.05) is 20.8 Å². The molecular weight excluding hydrogens is 333 g/mol. The average Bonchev–Trinajstić information content (AvgIpc) is 2.19. The number of nitrogens with one attached hydrogen (secondary N) is 1. The van der Waals surface area contributed by atoms with E-state index in [4.69, 9.17) is 5.73 Å². The highest BCUT2D eigenvalue weighted by Crippen LogP contribution is 2.07. The molecule has 0 atom stereocenters. The van der Waals surface area contributed by atoms with E-state index in [0.717, 1.165) is 31.8 Å². The lowest BCUT2D eigenvalue weighted by molar-refractivity contribution is 0.748. The third kappa shape index (κ3) is 14.4. The summed E-state index contributed by atoms with van der Waals surface area (Å²) >= 11 is 2.01. The molecule has 0 radical (unpaired) electrons. The zero-order valence-electron chi connectivity index (χ0n) is 10.7. The Hall–Kier alpha value is 0.350. The van der Waals surface area contributed by atoms with E-state index in [-0.39, 0.29) is 24.0 Å². The summed E-state index contributed by atoms with van der Waals surface area (Å²) in [7, 11) is 0. The van der Waals surface area contributed by atoms with Crippen LogP contribution in [0.1, 0.15) is 33.6 Å². The van der Waals surface area contributed by atoms with Gasteiger partial charge in [0, 0.05) is 13.1 Å². The van der Waals surface area contributed by atoms with E-state index in [0.29, 0.717) is 5.96 Å². The predicted molar refractivity (Wildman–Crippen MR) is 87.0 cm³/mol. The Morgan fingerprint density at radius 2 is 2.12 bits per heavy atom. The topological polar surface area (TPSA) is 50.4 Å². The van der Waals surface area contributed by atoms with Crippen LogP contribution in [0.15, 0.2) is 4.99 Å². The Labute approximate surface area is 121 Å². The second-order valence-electron chi connectivity index (χ2n) is 4.02.